The molecular weight excluding hydrogens is 164 g/mol. The fourth-order valence-corrected chi connectivity index (χ4v) is 1.76. The lowest BCUT2D eigenvalue weighted by atomic mass is 9.95. The zero-order valence-electron chi connectivity index (χ0n) is 8.08. The smallest absolute Gasteiger partial charge is 0.136 e. The minimum Gasteiger partial charge on any atom is -0.299 e. The Hall–Kier alpha value is -1.12. The van der Waals surface area contributed by atoms with Gasteiger partial charge in [0.1, 0.15) is 5.78 Å². The predicted octanol–water partition coefficient (Wildman–Crippen LogP) is 1.33. The Labute approximate surface area is 77.7 Å². The van der Waals surface area contributed by atoms with Gasteiger partial charge in [-0.2, -0.15) is 5.10 Å². The highest BCUT2D eigenvalue weighted by atomic mass is 16.1. The average molecular weight is 178 g/mol. The SMILES string of the molecule is CC(=O)C1(Cc2cnn(C)c2)CC1. The van der Waals surface area contributed by atoms with Crippen molar-refractivity contribution in [2.75, 3.05) is 0 Å². The van der Waals surface area contributed by atoms with Gasteiger partial charge in [-0.05, 0) is 31.7 Å². The van der Waals surface area contributed by atoms with Gasteiger partial charge in [-0.1, -0.05) is 0 Å². The number of nitrogens with zero attached hydrogens (tertiary/aromatic N) is 2. The summed E-state index contributed by atoms with van der Waals surface area (Å²) in [5.74, 6) is 0.330. The van der Waals surface area contributed by atoms with Gasteiger partial charge in [0.15, 0.2) is 0 Å². The highest BCUT2D eigenvalue weighted by Gasteiger charge is 2.47. The van der Waals surface area contributed by atoms with Gasteiger partial charge in [0.25, 0.3) is 0 Å². The molecular formula is C10H14N2O. The van der Waals surface area contributed by atoms with E-state index in [0.29, 0.717) is 5.78 Å². The number of aryl methyl sites for hydroxylation is 1. The maximum absolute atomic E-state index is 11.3. The number of carbonyl (C=O) groups excluding carboxylic acids is 1. The van der Waals surface area contributed by atoms with Crippen LogP contribution in [0.4, 0.5) is 0 Å². The zero-order valence-corrected chi connectivity index (χ0v) is 8.08. The van der Waals surface area contributed by atoms with Crippen LogP contribution in [-0.4, -0.2) is 15.6 Å². The summed E-state index contributed by atoms with van der Waals surface area (Å²) in [4.78, 5) is 11.3. The first kappa shape index (κ1) is 8.48. The fourth-order valence-electron chi connectivity index (χ4n) is 1.76. The van der Waals surface area contributed by atoms with E-state index in [9.17, 15) is 4.79 Å². The molecule has 1 aliphatic carbocycles. The van der Waals surface area contributed by atoms with Gasteiger partial charge in [0.05, 0.1) is 6.20 Å². The molecule has 0 unspecified atom stereocenters. The second kappa shape index (κ2) is 2.69. The molecule has 0 bridgehead atoms. The van der Waals surface area contributed by atoms with Gasteiger partial charge in [-0.3, -0.25) is 9.48 Å². The molecule has 0 radical (unpaired) electrons. The van der Waals surface area contributed by atoms with Crippen molar-refractivity contribution in [3.05, 3.63) is 18.0 Å². The molecule has 3 heteroatoms. The molecule has 0 aromatic carbocycles. The molecule has 1 aliphatic rings. The summed E-state index contributed by atoms with van der Waals surface area (Å²) in [5, 5.41) is 4.09. The van der Waals surface area contributed by atoms with Crippen molar-refractivity contribution in [1.29, 1.82) is 0 Å². The average Bonchev–Trinajstić information content (AvgIpc) is 2.72. The quantitative estimate of drug-likeness (QED) is 0.700. The summed E-state index contributed by atoms with van der Waals surface area (Å²) >= 11 is 0. The van der Waals surface area contributed by atoms with Gasteiger partial charge in [-0.15, -0.1) is 0 Å². The molecule has 3 nitrogen and oxygen atoms in total. The molecule has 1 fully saturated rings. The summed E-state index contributed by atoms with van der Waals surface area (Å²) < 4.78 is 1.78. The van der Waals surface area contributed by atoms with Crippen molar-refractivity contribution in [2.24, 2.45) is 12.5 Å². The van der Waals surface area contributed by atoms with Crippen molar-refractivity contribution < 1.29 is 4.79 Å². The molecule has 0 atom stereocenters. The third-order valence-electron chi connectivity index (χ3n) is 2.90. The predicted molar refractivity (Wildman–Crippen MR) is 49.3 cm³/mol. The van der Waals surface area contributed by atoms with Crippen LogP contribution < -0.4 is 0 Å². The second-order valence-electron chi connectivity index (χ2n) is 4.04. The van der Waals surface area contributed by atoms with Crippen molar-refractivity contribution in [3.63, 3.8) is 0 Å². The highest BCUT2D eigenvalue weighted by Crippen LogP contribution is 2.48. The maximum atomic E-state index is 11.3. The molecule has 0 saturated heterocycles. The van der Waals surface area contributed by atoms with E-state index in [1.54, 1.807) is 11.6 Å². The van der Waals surface area contributed by atoms with Crippen LogP contribution in [0.2, 0.25) is 0 Å². The number of Topliss-reactive ketones (excluding diaryl/α,β-unsaturated/α-hetero) is 1. The summed E-state index contributed by atoms with van der Waals surface area (Å²) in [7, 11) is 1.90. The molecule has 0 aliphatic heterocycles. The largest absolute Gasteiger partial charge is 0.299 e. The lowest BCUT2D eigenvalue weighted by molar-refractivity contribution is -0.121. The standard InChI is InChI=1S/C10H14N2O/c1-8(13)10(3-4-10)5-9-6-11-12(2)7-9/h6-7H,3-5H2,1-2H3. The Balaban J connectivity index is 2.10. The third-order valence-corrected chi connectivity index (χ3v) is 2.90. The molecule has 1 aromatic rings. The van der Waals surface area contributed by atoms with Crippen LogP contribution in [0, 0.1) is 5.41 Å². The molecule has 0 spiro atoms. The summed E-state index contributed by atoms with van der Waals surface area (Å²) in [5.41, 5.74) is 1.15. The Morgan fingerprint density at radius 3 is 2.77 bits per heavy atom. The van der Waals surface area contributed by atoms with Gasteiger partial charge >= 0.3 is 0 Å². The molecule has 1 saturated carbocycles. The van der Waals surface area contributed by atoms with Gasteiger partial charge in [0, 0.05) is 18.7 Å². The van der Waals surface area contributed by atoms with E-state index < -0.39 is 0 Å². The van der Waals surface area contributed by atoms with Gasteiger partial charge in [-0.25, -0.2) is 0 Å². The van der Waals surface area contributed by atoms with E-state index in [0.717, 1.165) is 19.3 Å². The second-order valence-corrected chi connectivity index (χ2v) is 4.04. The Kier molecular flexibility index (Phi) is 1.75. The van der Waals surface area contributed by atoms with E-state index in [4.69, 9.17) is 0 Å². The van der Waals surface area contributed by atoms with Gasteiger partial charge < -0.3 is 0 Å². The number of carbonyl (C=O) groups is 1. The van der Waals surface area contributed by atoms with E-state index >= 15 is 0 Å². The molecule has 70 valence electrons. The number of ketones is 1. The minimum absolute atomic E-state index is 0.0248. The van der Waals surface area contributed by atoms with Gasteiger partial charge in [0.2, 0.25) is 0 Å². The van der Waals surface area contributed by atoms with Crippen molar-refractivity contribution in [3.8, 4) is 0 Å². The van der Waals surface area contributed by atoms with Crippen molar-refractivity contribution in [2.45, 2.75) is 26.2 Å². The third kappa shape index (κ3) is 1.50. The summed E-state index contributed by atoms with van der Waals surface area (Å²) in [6.45, 7) is 1.70. The molecule has 2 rings (SSSR count). The van der Waals surface area contributed by atoms with Crippen LogP contribution in [0.3, 0.4) is 0 Å². The lowest BCUT2D eigenvalue weighted by Crippen LogP contribution is -2.14. The molecule has 13 heavy (non-hydrogen) atoms. The monoisotopic (exact) mass is 178 g/mol. The Bertz CT molecular complexity index is 336. The van der Waals surface area contributed by atoms with Crippen LogP contribution in [0.1, 0.15) is 25.3 Å². The number of rotatable bonds is 3. The van der Waals surface area contributed by atoms with Crippen LogP contribution in [0.15, 0.2) is 12.4 Å². The van der Waals surface area contributed by atoms with E-state index in [2.05, 4.69) is 5.10 Å². The first-order valence-electron chi connectivity index (χ1n) is 4.61. The number of aromatic nitrogens is 2. The number of hydrogen-bond acceptors (Lipinski definition) is 2. The topological polar surface area (TPSA) is 34.9 Å². The minimum atomic E-state index is -0.0248. The van der Waals surface area contributed by atoms with E-state index in [-0.39, 0.29) is 5.41 Å². The van der Waals surface area contributed by atoms with Crippen LogP contribution in [0.25, 0.3) is 0 Å². The zero-order chi connectivity index (χ0) is 9.47. The summed E-state index contributed by atoms with van der Waals surface area (Å²) in [6, 6.07) is 0. The Morgan fingerprint density at radius 1 is 1.69 bits per heavy atom. The normalized spacial score (nSPS) is 18.6. The van der Waals surface area contributed by atoms with E-state index in [1.807, 2.05) is 19.4 Å². The maximum Gasteiger partial charge on any atom is 0.136 e. The Morgan fingerprint density at radius 2 is 2.38 bits per heavy atom. The van der Waals surface area contributed by atoms with Crippen LogP contribution >= 0.6 is 0 Å². The summed E-state index contributed by atoms with van der Waals surface area (Å²) in [6.07, 6.45) is 6.82. The fraction of sp³-hybridized carbons (Fsp3) is 0.600. The molecule has 1 heterocycles. The lowest BCUT2D eigenvalue weighted by Gasteiger charge is -2.08. The first-order valence-corrected chi connectivity index (χ1v) is 4.61. The highest BCUT2D eigenvalue weighted by molar-refractivity contribution is 5.85. The van der Waals surface area contributed by atoms with Crippen molar-refractivity contribution >= 4 is 5.78 Å². The first-order chi connectivity index (χ1) is 6.12. The van der Waals surface area contributed by atoms with E-state index in [1.165, 1.54) is 5.56 Å². The van der Waals surface area contributed by atoms with Crippen LogP contribution in [-0.2, 0) is 18.3 Å². The molecule has 0 N–H and O–H groups in total. The van der Waals surface area contributed by atoms with Crippen LogP contribution in [0.5, 0.6) is 0 Å². The molecule has 1 aromatic heterocycles. The van der Waals surface area contributed by atoms with Crippen molar-refractivity contribution in [1.82, 2.24) is 9.78 Å². The molecule has 0 amide bonds. The number of hydrogen-bond donors (Lipinski definition) is 0.